The number of ether oxygens (including phenoxy) is 3. The van der Waals surface area contributed by atoms with Crippen LogP contribution < -0.4 is 10.2 Å². The van der Waals surface area contributed by atoms with Crippen LogP contribution in [0.1, 0.15) is 35.9 Å². The van der Waals surface area contributed by atoms with Crippen LogP contribution in [0.2, 0.25) is 0 Å². The molecule has 1 spiro atoms. The topological polar surface area (TPSA) is 85.8 Å². The average Bonchev–Trinajstić information content (AvgIpc) is 3.17. The van der Waals surface area contributed by atoms with E-state index in [1.54, 1.807) is 19.1 Å². The van der Waals surface area contributed by atoms with Gasteiger partial charge in [0.1, 0.15) is 17.5 Å². The number of piperidine rings is 1. The lowest BCUT2D eigenvalue weighted by Gasteiger charge is -2.38. The molecule has 1 aromatic heterocycles. The van der Waals surface area contributed by atoms with Crippen molar-refractivity contribution in [2.24, 2.45) is 0 Å². The van der Waals surface area contributed by atoms with Gasteiger partial charge in [0.25, 0.3) is 0 Å². The fourth-order valence-electron chi connectivity index (χ4n) is 3.69. The van der Waals surface area contributed by atoms with Crippen molar-refractivity contribution in [3.8, 4) is 0 Å². The predicted molar refractivity (Wildman–Crippen MR) is 109 cm³/mol. The van der Waals surface area contributed by atoms with Crippen molar-refractivity contribution in [3.63, 3.8) is 0 Å². The van der Waals surface area contributed by atoms with Crippen molar-refractivity contribution < 1.29 is 19.0 Å². The standard InChI is InChI=1S/C21H26N4O4/c1-3-27-20(26)16-4-6-17(7-5-16)24-18-14-19(23-15(2)22-18)25-10-8-21(9-11-25)28-12-13-29-21/h4-7,14H,3,8-13H2,1-2H3,(H,22,23,24). The van der Waals surface area contributed by atoms with E-state index in [-0.39, 0.29) is 5.97 Å². The first-order chi connectivity index (χ1) is 14.1. The maximum atomic E-state index is 11.8. The van der Waals surface area contributed by atoms with Gasteiger partial charge in [0.2, 0.25) is 0 Å². The summed E-state index contributed by atoms with van der Waals surface area (Å²) in [5.41, 5.74) is 1.36. The second kappa shape index (κ2) is 8.34. The zero-order valence-electron chi connectivity index (χ0n) is 16.8. The number of rotatable bonds is 5. The van der Waals surface area contributed by atoms with Crippen LogP contribution in [0, 0.1) is 6.92 Å². The Kier molecular flexibility index (Phi) is 5.64. The van der Waals surface area contributed by atoms with Gasteiger partial charge in [-0.05, 0) is 38.1 Å². The van der Waals surface area contributed by atoms with Gasteiger partial charge in [0.05, 0.1) is 25.4 Å². The lowest BCUT2D eigenvalue weighted by atomic mass is 10.0. The smallest absolute Gasteiger partial charge is 0.338 e. The summed E-state index contributed by atoms with van der Waals surface area (Å²) in [6.07, 6.45) is 1.66. The van der Waals surface area contributed by atoms with Gasteiger partial charge in [0.15, 0.2) is 5.79 Å². The summed E-state index contributed by atoms with van der Waals surface area (Å²) in [5.74, 6) is 1.57. The number of carbonyl (C=O) groups excluding carboxylic acids is 1. The molecular weight excluding hydrogens is 372 g/mol. The van der Waals surface area contributed by atoms with Crippen LogP contribution >= 0.6 is 0 Å². The highest BCUT2D eigenvalue weighted by molar-refractivity contribution is 5.89. The molecule has 8 heteroatoms. The molecule has 0 saturated carbocycles. The highest BCUT2D eigenvalue weighted by Gasteiger charge is 2.40. The number of benzene rings is 1. The molecule has 1 N–H and O–H groups in total. The van der Waals surface area contributed by atoms with Crippen molar-refractivity contribution in [1.82, 2.24) is 9.97 Å². The highest BCUT2D eigenvalue weighted by atomic mass is 16.7. The third-order valence-corrected chi connectivity index (χ3v) is 5.16. The number of aryl methyl sites for hydroxylation is 1. The quantitative estimate of drug-likeness (QED) is 0.769. The number of hydrogen-bond acceptors (Lipinski definition) is 8. The van der Waals surface area contributed by atoms with E-state index in [9.17, 15) is 4.79 Å². The molecule has 0 aliphatic carbocycles. The molecule has 2 aliphatic rings. The van der Waals surface area contributed by atoms with Gasteiger partial charge in [-0.3, -0.25) is 0 Å². The summed E-state index contributed by atoms with van der Waals surface area (Å²) in [7, 11) is 0. The molecule has 3 heterocycles. The molecule has 4 rings (SSSR count). The molecule has 2 aliphatic heterocycles. The Labute approximate surface area is 170 Å². The van der Waals surface area contributed by atoms with Crippen LogP contribution in [-0.2, 0) is 14.2 Å². The monoisotopic (exact) mass is 398 g/mol. The number of aromatic nitrogens is 2. The lowest BCUT2D eigenvalue weighted by molar-refractivity contribution is -0.169. The van der Waals surface area contributed by atoms with Gasteiger partial charge in [-0.25, -0.2) is 14.8 Å². The van der Waals surface area contributed by atoms with E-state index >= 15 is 0 Å². The van der Waals surface area contributed by atoms with Crippen LogP contribution in [0.4, 0.5) is 17.3 Å². The fraction of sp³-hybridized carbons (Fsp3) is 0.476. The molecule has 0 atom stereocenters. The first-order valence-electron chi connectivity index (χ1n) is 10.00. The van der Waals surface area contributed by atoms with Crippen LogP contribution in [0.15, 0.2) is 30.3 Å². The zero-order chi connectivity index (χ0) is 20.3. The number of nitrogens with zero attached hydrogens (tertiary/aromatic N) is 3. The van der Waals surface area contributed by atoms with Crippen molar-refractivity contribution in [3.05, 3.63) is 41.7 Å². The highest BCUT2D eigenvalue weighted by Crippen LogP contribution is 2.33. The molecule has 2 saturated heterocycles. The Morgan fingerprint density at radius 3 is 2.52 bits per heavy atom. The van der Waals surface area contributed by atoms with Crippen LogP contribution in [0.25, 0.3) is 0 Å². The van der Waals surface area contributed by atoms with E-state index < -0.39 is 5.79 Å². The van der Waals surface area contributed by atoms with Crippen molar-refractivity contribution in [2.75, 3.05) is 43.1 Å². The van der Waals surface area contributed by atoms with Crippen LogP contribution in [-0.4, -0.2) is 54.6 Å². The maximum absolute atomic E-state index is 11.8. The molecule has 154 valence electrons. The van der Waals surface area contributed by atoms with E-state index in [1.807, 2.05) is 25.1 Å². The van der Waals surface area contributed by atoms with Crippen LogP contribution in [0.3, 0.4) is 0 Å². The van der Waals surface area contributed by atoms with Gasteiger partial charge in [-0.1, -0.05) is 0 Å². The number of hydrogen-bond donors (Lipinski definition) is 1. The Bertz CT molecular complexity index is 855. The van der Waals surface area contributed by atoms with Gasteiger partial charge < -0.3 is 24.4 Å². The van der Waals surface area contributed by atoms with Gasteiger partial charge in [-0.15, -0.1) is 0 Å². The normalized spacial score (nSPS) is 18.1. The number of carbonyl (C=O) groups is 1. The number of nitrogens with one attached hydrogen (secondary N) is 1. The second-order valence-corrected chi connectivity index (χ2v) is 7.18. The molecule has 2 fully saturated rings. The van der Waals surface area contributed by atoms with Crippen LogP contribution in [0.5, 0.6) is 0 Å². The van der Waals surface area contributed by atoms with Gasteiger partial charge in [-0.2, -0.15) is 0 Å². The number of anilines is 3. The summed E-state index contributed by atoms with van der Waals surface area (Å²) in [6, 6.07) is 9.09. The molecule has 8 nitrogen and oxygen atoms in total. The summed E-state index contributed by atoms with van der Waals surface area (Å²) >= 11 is 0. The van der Waals surface area contributed by atoms with E-state index in [0.29, 0.717) is 37.0 Å². The second-order valence-electron chi connectivity index (χ2n) is 7.18. The summed E-state index contributed by atoms with van der Waals surface area (Å²) in [6.45, 7) is 7.03. The minimum absolute atomic E-state index is 0.322. The molecule has 0 amide bonds. The Morgan fingerprint density at radius 1 is 1.17 bits per heavy atom. The fourth-order valence-corrected chi connectivity index (χ4v) is 3.69. The summed E-state index contributed by atoms with van der Waals surface area (Å²) in [4.78, 5) is 23.1. The SMILES string of the molecule is CCOC(=O)c1ccc(Nc2cc(N3CCC4(CC3)OCCO4)nc(C)n2)cc1. The largest absolute Gasteiger partial charge is 0.462 e. The summed E-state index contributed by atoms with van der Waals surface area (Å²) < 4.78 is 16.6. The molecule has 1 aromatic carbocycles. The first kappa shape index (κ1) is 19.6. The van der Waals surface area contributed by atoms with Gasteiger partial charge in [0, 0.05) is 37.7 Å². The Hall–Kier alpha value is -2.71. The molecule has 2 aromatic rings. The Morgan fingerprint density at radius 2 is 1.86 bits per heavy atom. The number of esters is 1. The van der Waals surface area contributed by atoms with Crippen molar-refractivity contribution >= 4 is 23.3 Å². The lowest BCUT2D eigenvalue weighted by Crippen LogP contribution is -2.45. The third kappa shape index (κ3) is 4.49. The summed E-state index contributed by atoms with van der Waals surface area (Å²) in [5, 5.41) is 3.29. The maximum Gasteiger partial charge on any atom is 0.338 e. The van der Waals surface area contributed by atoms with E-state index in [0.717, 1.165) is 37.4 Å². The zero-order valence-corrected chi connectivity index (χ0v) is 16.8. The minimum atomic E-state index is -0.402. The molecule has 0 bridgehead atoms. The minimum Gasteiger partial charge on any atom is -0.462 e. The average molecular weight is 398 g/mol. The molecule has 0 unspecified atom stereocenters. The van der Waals surface area contributed by atoms with E-state index in [2.05, 4.69) is 20.2 Å². The molecule has 0 radical (unpaired) electrons. The van der Waals surface area contributed by atoms with E-state index in [4.69, 9.17) is 14.2 Å². The molecular formula is C21H26N4O4. The predicted octanol–water partition coefficient (Wildman–Crippen LogP) is 3.05. The van der Waals surface area contributed by atoms with Gasteiger partial charge >= 0.3 is 5.97 Å². The third-order valence-electron chi connectivity index (χ3n) is 5.16. The van der Waals surface area contributed by atoms with Crippen molar-refractivity contribution in [1.29, 1.82) is 0 Å². The van der Waals surface area contributed by atoms with E-state index in [1.165, 1.54) is 0 Å². The first-order valence-corrected chi connectivity index (χ1v) is 10.00. The Balaban J connectivity index is 1.44. The van der Waals surface area contributed by atoms with Crippen molar-refractivity contribution in [2.45, 2.75) is 32.5 Å². The molecule has 29 heavy (non-hydrogen) atoms.